The molecule has 3 heterocycles. The van der Waals surface area contributed by atoms with Gasteiger partial charge < -0.3 is 15.4 Å². The van der Waals surface area contributed by atoms with Gasteiger partial charge in [-0.1, -0.05) is 24.2 Å². The number of hydrogen-bond acceptors (Lipinski definition) is 9. The predicted molar refractivity (Wildman–Crippen MR) is 116 cm³/mol. The molecule has 0 unspecified atom stereocenters. The summed E-state index contributed by atoms with van der Waals surface area (Å²) < 4.78 is 24.8. The van der Waals surface area contributed by atoms with Crippen molar-refractivity contribution in [2.75, 3.05) is 10.6 Å². The fourth-order valence-electron chi connectivity index (χ4n) is 3.52. The van der Waals surface area contributed by atoms with E-state index in [9.17, 15) is 27.9 Å². The molecule has 1 saturated carbocycles. The number of hydrogen-bond donors (Lipinski definition) is 4. The molecule has 4 N–H and O–H groups in total. The molecule has 3 aromatic heterocycles. The summed E-state index contributed by atoms with van der Waals surface area (Å²) >= 11 is 0.472. The normalized spacial score (nSPS) is 14.2. The number of anilines is 2. The van der Waals surface area contributed by atoms with E-state index in [0.29, 0.717) is 11.3 Å². The van der Waals surface area contributed by atoms with E-state index in [4.69, 9.17) is 0 Å². The molecule has 1 aliphatic rings. The number of carboxylic acids is 1. The van der Waals surface area contributed by atoms with E-state index >= 15 is 0 Å². The van der Waals surface area contributed by atoms with Crippen LogP contribution < -0.4 is 10.6 Å². The molecule has 3 aromatic rings. The highest BCUT2D eigenvalue weighted by Gasteiger charge is 2.32. The van der Waals surface area contributed by atoms with Gasteiger partial charge in [0, 0.05) is 30.7 Å². The van der Waals surface area contributed by atoms with Crippen molar-refractivity contribution in [1.82, 2.24) is 19.9 Å². The largest absolute Gasteiger partial charge is 0.476 e. The number of rotatable bonds is 7. The average molecular weight is 491 g/mol. The molecule has 2 amide bonds. The highest BCUT2D eigenvalue weighted by atomic mass is 32.2. The number of aromatic nitrogens is 4. The van der Waals surface area contributed by atoms with Crippen LogP contribution in [0.1, 0.15) is 46.5 Å². The first-order valence-corrected chi connectivity index (χ1v) is 12.1. The van der Waals surface area contributed by atoms with Crippen molar-refractivity contribution >= 4 is 49.8 Å². The van der Waals surface area contributed by atoms with E-state index in [0.717, 1.165) is 25.7 Å². The molecule has 1 aliphatic carbocycles. The molecule has 14 heteroatoms. The van der Waals surface area contributed by atoms with Crippen molar-refractivity contribution in [1.29, 1.82) is 0 Å². The number of thiazole rings is 1. The maximum atomic E-state index is 12.8. The first-order valence-electron chi connectivity index (χ1n) is 9.82. The van der Waals surface area contributed by atoms with Gasteiger partial charge in [0.1, 0.15) is 0 Å². The van der Waals surface area contributed by atoms with Crippen LogP contribution in [0.2, 0.25) is 0 Å². The standard InChI is InChI=1S/C19H18N6O6S2/c26-14(10-3-1-2-4-10)11-9-20-6-5-12(11)23-17(29)25-18-24-13(15(27)28)16(32-18)33(30,31)19-21-7-8-22-19/h5-10H,1-4H2,(H,21,22)(H,27,28)(H2,20,23,24,25,29). The number of sulfone groups is 1. The molecule has 0 aromatic carbocycles. The lowest BCUT2D eigenvalue weighted by atomic mass is 9.96. The Balaban J connectivity index is 1.56. The zero-order valence-electron chi connectivity index (χ0n) is 16.9. The highest BCUT2D eigenvalue weighted by Crippen LogP contribution is 2.32. The second-order valence-corrected chi connectivity index (χ2v) is 10.3. The summed E-state index contributed by atoms with van der Waals surface area (Å²) in [4.78, 5) is 50.7. The van der Waals surface area contributed by atoms with Crippen LogP contribution in [-0.4, -0.2) is 51.2 Å². The molecule has 0 bridgehead atoms. The van der Waals surface area contributed by atoms with Gasteiger partial charge in [0.25, 0.3) is 9.84 Å². The number of nitrogens with one attached hydrogen (secondary N) is 3. The number of urea groups is 1. The van der Waals surface area contributed by atoms with E-state index in [1.807, 2.05) is 0 Å². The Kier molecular flexibility index (Phi) is 6.20. The number of Topliss-reactive ketones (excluding diaryl/α,β-unsaturated/α-hetero) is 1. The van der Waals surface area contributed by atoms with E-state index in [-0.39, 0.29) is 28.1 Å². The number of imidazole rings is 1. The van der Waals surface area contributed by atoms with E-state index in [1.54, 1.807) is 0 Å². The van der Waals surface area contributed by atoms with Gasteiger partial charge in [-0.2, -0.15) is 0 Å². The molecule has 33 heavy (non-hydrogen) atoms. The molecule has 0 spiro atoms. The van der Waals surface area contributed by atoms with Crippen LogP contribution in [-0.2, 0) is 9.84 Å². The van der Waals surface area contributed by atoms with Gasteiger partial charge in [-0.05, 0) is 18.9 Å². The van der Waals surface area contributed by atoms with Crippen molar-refractivity contribution in [2.24, 2.45) is 5.92 Å². The number of pyridine rings is 1. The molecular formula is C19H18N6O6S2. The molecule has 12 nitrogen and oxygen atoms in total. The van der Waals surface area contributed by atoms with Crippen molar-refractivity contribution < 1.29 is 27.9 Å². The zero-order valence-corrected chi connectivity index (χ0v) is 18.6. The minimum absolute atomic E-state index is 0.106. The van der Waals surface area contributed by atoms with E-state index in [2.05, 4.69) is 30.6 Å². The summed E-state index contributed by atoms with van der Waals surface area (Å²) in [6.45, 7) is 0. The first kappa shape index (κ1) is 22.5. The summed E-state index contributed by atoms with van der Waals surface area (Å²) in [5.74, 6) is -1.81. The van der Waals surface area contributed by atoms with Gasteiger partial charge >= 0.3 is 12.0 Å². The predicted octanol–water partition coefficient (Wildman–Crippen LogP) is 2.81. The van der Waals surface area contributed by atoms with Gasteiger partial charge in [0.2, 0.25) is 5.16 Å². The van der Waals surface area contributed by atoms with Gasteiger partial charge in [-0.25, -0.2) is 28.0 Å². The SMILES string of the molecule is O=C(Nc1nc(C(=O)O)c(S(=O)(=O)c2ncc[nH]2)s1)Nc1ccncc1C(=O)C1CCCC1. The van der Waals surface area contributed by atoms with Crippen molar-refractivity contribution in [3.05, 3.63) is 42.1 Å². The van der Waals surface area contributed by atoms with Gasteiger partial charge in [0.15, 0.2) is 20.8 Å². The quantitative estimate of drug-likeness (QED) is 0.361. The van der Waals surface area contributed by atoms with Crippen molar-refractivity contribution in [2.45, 2.75) is 35.0 Å². The van der Waals surface area contributed by atoms with Crippen molar-refractivity contribution in [3.8, 4) is 0 Å². The molecular weight excluding hydrogens is 472 g/mol. The number of amides is 2. The first-order chi connectivity index (χ1) is 15.8. The number of ketones is 1. The number of aromatic carboxylic acids is 1. The lowest BCUT2D eigenvalue weighted by molar-refractivity contribution is 0.0687. The monoisotopic (exact) mass is 490 g/mol. The van der Waals surface area contributed by atoms with Crippen LogP contribution in [0.3, 0.4) is 0 Å². The third-order valence-electron chi connectivity index (χ3n) is 5.05. The molecule has 1 fully saturated rings. The fourth-order valence-corrected chi connectivity index (χ4v) is 6.11. The van der Waals surface area contributed by atoms with Crippen LogP contribution in [0, 0.1) is 5.92 Å². The summed E-state index contributed by atoms with van der Waals surface area (Å²) in [5.41, 5.74) is -0.239. The summed E-state index contributed by atoms with van der Waals surface area (Å²) in [6.07, 6.45) is 8.79. The third kappa shape index (κ3) is 4.61. The number of nitrogens with zero attached hydrogens (tertiary/aromatic N) is 3. The number of aromatic amines is 1. The second-order valence-electron chi connectivity index (χ2n) is 7.20. The molecule has 0 saturated heterocycles. The number of carboxylic acid groups (broad SMARTS) is 1. The number of carbonyl (C=O) groups is 3. The van der Waals surface area contributed by atoms with E-state index in [1.165, 1.54) is 30.9 Å². The second kappa shape index (κ2) is 9.07. The van der Waals surface area contributed by atoms with Crippen molar-refractivity contribution in [3.63, 3.8) is 0 Å². The Hall–Kier alpha value is -3.65. The topological polar surface area (TPSA) is 184 Å². The Morgan fingerprint density at radius 2 is 1.91 bits per heavy atom. The number of carbonyl (C=O) groups excluding carboxylic acids is 2. The Morgan fingerprint density at radius 1 is 1.15 bits per heavy atom. The van der Waals surface area contributed by atoms with Crippen LogP contribution in [0.4, 0.5) is 15.6 Å². The Labute approximate surface area is 191 Å². The van der Waals surface area contributed by atoms with Crippen LogP contribution in [0.25, 0.3) is 0 Å². The minimum Gasteiger partial charge on any atom is -0.476 e. The smallest absolute Gasteiger partial charge is 0.356 e. The summed E-state index contributed by atoms with van der Waals surface area (Å²) in [5, 5.41) is 13.5. The Morgan fingerprint density at radius 3 is 2.58 bits per heavy atom. The summed E-state index contributed by atoms with van der Waals surface area (Å²) in [7, 11) is -4.29. The zero-order chi connectivity index (χ0) is 23.6. The average Bonchev–Trinajstić information content (AvgIpc) is 3.55. The molecule has 0 radical (unpaired) electrons. The lowest BCUT2D eigenvalue weighted by Gasteiger charge is -2.13. The van der Waals surface area contributed by atoms with Crippen LogP contribution in [0.5, 0.6) is 0 Å². The van der Waals surface area contributed by atoms with Crippen LogP contribution >= 0.6 is 11.3 Å². The maximum absolute atomic E-state index is 12.8. The van der Waals surface area contributed by atoms with Gasteiger partial charge in [-0.3, -0.25) is 15.1 Å². The molecule has 4 rings (SSSR count). The molecule has 172 valence electrons. The minimum atomic E-state index is -4.29. The fraction of sp³-hybridized carbons (Fsp3) is 0.263. The molecule has 0 atom stereocenters. The van der Waals surface area contributed by atoms with Gasteiger partial charge in [0.05, 0.1) is 11.3 Å². The van der Waals surface area contributed by atoms with Gasteiger partial charge in [-0.15, -0.1) is 0 Å². The van der Waals surface area contributed by atoms with E-state index < -0.39 is 36.9 Å². The number of H-pyrrole nitrogens is 1. The van der Waals surface area contributed by atoms with Crippen LogP contribution in [0.15, 0.2) is 40.2 Å². The lowest BCUT2D eigenvalue weighted by Crippen LogP contribution is -2.22. The maximum Gasteiger partial charge on any atom is 0.356 e. The summed E-state index contributed by atoms with van der Waals surface area (Å²) in [6, 6.07) is 0.647. The highest BCUT2D eigenvalue weighted by molar-refractivity contribution is 7.93. The third-order valence-corrected chi connectivity index (χ3v) is 8.14. The molecule has 0 aliphatic heterocycles. The Bertz CT molecular complexity index is 1310.